The van der Waals surface area contributed by atoms with Gasteiger partial charge in [0.2, 0.25) is 11.8 Å². The van der Waals surface area contributed by atoms with Crippen molar-refractivity contribution < 1.29 is 36.8 Å². The Morgan fingerprint density at radius 2 is 1.82 bits per heavy atom. The molecule has 0 atom stereocenters. The maximum absolute atomic E-state index is 15.8. The number of anilines is 2. The molecule has 1 amide bonds. The van der Waals surface area contributed by atoms with Crippen molar-refractivity contribution in [3.05, 3.63) is 65.1 Å². The monoisotopic (exact) mass is 561 g/mol. The first kappa shape index (κ1) is 29.1. The molecule has 0 radical (unpaired) electrons. The summed E-state index contributed by atoms with van der Waals surface area (Å²) in [7, 11) is 0. The number of carbonyl (C=O) groups excluding carboxylic acids is 1. The van der Waals surface area contributed by atoms with E-state index in [0.29, 0.717) is 18.0 Å². The molecule has 3 aromatic rings. The molecule has 1 aliphatic carbocycles. The van der Waals surface area contributed by atoms with Crippen LogP contribution in [-0.4, -0.2) is 40.6 Å². The van der Waals surface area contributed by atoms with E-state index in [4.69, 9.17) is 4.52 Å². The van der Waals surface area contributed by atoms with Crippen molar-refractivity contribution in [1.29, 1.82) is 0 Å². The second kappa shape index (κ2) is 11.7. The van der Waals surface area contributed by atoms with E-state index in [2.05, 4.69) is 10.5 Å². The lowest BCUT2D eigenvalue weighted by molar-refractivity contribution is -0.115. The van der Waals surface area contributed by atoms with Crippen molar-refractivity contribution in [2.75, 3.05) is 16.8 Å². The number of benzene rings is 2. The Bertz CT molecular complexity index is 1400. The fourth-order valence-corrected chi connectivity index (χ4v) is 5.06. The lowest BCUT2D eigenvalue weighted by Crippen LogP contribution is -2.43. The van der Waals surface area contributed by atoms with Gasteiger partial charge in [-0.25, -0.2) is 22.4 Å². The average molecular weight is 562 g/mol. The van der Waals surface area contributed by atoms with Crippen molar-refractivity contribution in [3.8, 4) is 11.1 Å². The Kier molecular flexibility index (Phi) is 8.51. The zero-order chi connectivity index (χ0) is 29.2. The third-order valence-corrected chi connectivity index (χ3v) is 6.87. The number of aromatic nitrogens is 1. The number of rotatable bonds is 9. The lowest BCUT2D eigenvalue weighted by Gasteiger charge is -2.40. The van der Waals surface area contributed by atoms with Gasteiger partial charge in [0.1, 0.15) is 17.4 Å². The Hall–Kier alpha value is -3.89. The van der Waals surface area contributed by atoms with E-state index in [1.54, 1.807) is 13.0 Å². The Morgan fingerprint density at radius 3 is 2.42 bits per heavy atom. The first-order valence-corrected chi connectivity index (χ1v) is 13.1. The van der Waals surface area contributed by atoms with Crippen LogP contribution in [0.5, 0.6) is 0 Å². The van der Waals surface area contributed by atoms with Gasteiger partial charge in [0, 0.05) is 42.6 Å². The molecule has 2 N–H and O–H groups in total. The molecule has 4 rings (SSSR count). The Balaban J connectivity index is 1.82. The molecule has 7 nitrogen and oxygen atoms in total. The van der Waals surface area contributed by atoms with Crippen molar-refractivity contribution in [1.82, 2.24) is 5.16 Å². The number of carbonyl (C=O) groups is 2. The number of hydrogen-bond donors (Lipinski definition) is 2. The van der Waals surface area contributed by atoms with Gasteiger partial charge >= 0.3 is 5.97 Å². The summed E-state index contributed by atoms with van der Waals surface area (Å²) in [4.78, 5) is 26.7. The number of aromatic carboxylic acids is 1. The number of nitrogens with zero attached hydrogens (tertiary/aromatic N) is 2. The molecule has 214 valence electrons. The molecule has 1 saturated carbocycles. The van der Waals surface area contributed by atoms with E-state index < -0.39 is 29.4 Å². The van der Waals surface area contributed by atoms with Crippen LogP contribution in [-0.2, 0) is 11.2 Å². The molecule has 1 fully saturated rings. The maximum atomic E-state index is 15.8. The second-order valence-corrected chi connectivity index (χ2v) is 10.6. The maximum Gasteiger partial charge on any atom is 0.336 e. The highest BCUT2D eigenvalue weighted by atomic mass is 19.3. The van der Waals surface area contributed by atoms with E-state index in [-0.39, 0.29) is 72.1 Å². The third kappa shape index (κ3) is 6.81. The van der Waals surface area contributed by atoms with Crippen LogP contribution in [0, 0.1) is 24.5 Å². The van der Waals surface area contributed by atoms with Crippen LogP contribution in [0.15, 0.2) is 40.9 Å². The quantitative estimate of drug-likeness (QED) is 0.278. The minimum absolute atomic E-state index is 0.0627. The minimum atomic E-state index is -2.77. The highest BCUT2D eigenvalue weighted by molar-refractivity contribution is 5.99. The van der Waals surface area contributed by atoms with Gasteiger partial charge in [0.05, 0.1) is 29.1 Å². The summed E-state index contributed by atoms with van der Waals surface area (Å²) in [6.45, 7) is 5.96. The number of amides is 1. The molecule has 1 aromatic heterocycles. The van der Waals surface area contributed by atoms with E-state index in [1.807, 2.05) is 18.7 Å². The average Bonchev–Trinajstić information content (AvgIpc) is 3.27. The van der Waals surface area contributed by atoms with Crippen molar-refractivity contribution >= 4 is 23.3 Å². The number of nitrogens with one attached hydrogen (secondary N) is 1. The number of hydrogen-bond acceptors (Lipinski definition) is 5. The van der Waals surface area contributed by atoms with Crippen LogP contribution >= 0.6 is 0 Å². The summed E-state index contributed by atoms with van der Waals surface area (Å²) < 4.78 is 63.0. The second-order valence-electron chi connectivity index (χ2n) is 10.6. The van der Waals surface area contributed by atoms with E-state index in [1.165, 1.54) is 6.07 Å². The van der Waals surface area contributed by atoms with Gasteiger partial charge in [0.15, 0.2) is 0 Å². The van der Waals surface area contributed by atoms with Gasteiger partial charge in [-0.05, 0) is 56.0 Å². The first-order valence-electron chi connectivity index (χ1n) is 13.1. The summed E-state index contributed by atoms with van der Waals surface area (Å²) in [5.41, 5.74) is 0.224. The summed E-state index contributed by atoms with van der Waals surface area (Å²) in [6, 6.07) is 6.58. The van der Waals surface area contributed by atoms with Crippen molar-refractivity contribution in [2.45, 2.75) is 64.8 Å². The summed E-state index contributed by atoms with van der Waals surface area (Å²) in [5.74, 6) is -5.92. The van der Waals surface area contributed by atoms with E-state index in [9.17, 15) is 27.9 Å². The number of carboxylic acids is 1. The molecular formula is C29H31F4N3O4. The number of aryl methyl sites for hydroxylation is 1. The summed E-state index contributed by atoms with van der Waals surface area (Å²) in [6.07, 6.45) is -0.482. The zero-order valence-corrected chi connectivity index (χ0v) is 22.4. The van der Waals surface area contributed by atoms with E-state index >= 15 is 4.39 Å². The van der Waals surface area contributed by atoms with Crippen LogP contribution in [0.25, 0.3) is 11.1 Å². The number of carboxylic acid groups (broad SMARTS) is 1. The largest absolute Gasteiger partial charge is 0.478 e. The van der Waals surface area contributed by atoms with Crippen LogP contribution in [0.3, 0.4) is 0 Å². The van der Waals surface area contributed by atoms with Gasteiger partial charge < -0.3 is 19.8 Å². The Morgan fingerprint density at radius 1 is 1.12 bits per heavy atom. The summed E-state index contributed by atoms with van der Waals surface area (Å²) in [5, 5.41) is 16.2. The lowest BCUT2D eigenvalue weighted by atomic mass is 9.89. The normalized spacial score (nSPS) is 15.3. The smallest absolute Gasteiger partial charge is 0.336 e. The van der Waals surface area contributed by atoms with Crippen LogP contribution in [0.4, 0.5) is 28.9 Å². The Labute approximate surface area is 229 Å². The third-order valence-electron chi connectivity index (χ3n) is 6.87. The molecule has 0 aliphatic heterocycles. The highest BCUT2D eigenvalue weighted by Gasteiger charge is 2.38. The first-order chi connectivity index (χ1) is 18.8. The van der Waals surface area contributed by atoms with Gasteiger partial charge in [-0.1, -0.05) is 19.0 Å². The molecule has 40 heavy (non-hydrogen) atoms. The topological polar surface area (TPSA) is 95.7 Å². The van der Waals surface area contributed by atoms with Crippen molar-refractivity contribution in [3.63, 3.8) is 0 Å². The van der Waals surface area contributed by atoms with E-state index in [0.717, 1.165) is 24.3 Å². The standard InChI is InChI=1S/C29H31F4N3O4/c1-16(2)15-36(19-6-8-29(32,33)9-7-19)26-14-24(31)23(22-11-18(30)4-5-21(22)28(38)39)13-25(26)34-27(37)12-20-10-17(3)35-40-20/h4-5,10-11,13-14,16,19H,6-9,12,15H2,1-3H3,(H,34,37)(H,38,39). The number of halogens is 4. The van der Waals surface area contributed by atoms with Crippen LogP contribution < -0.4 is 10.2 Å². The molecule has 0 unspecified atom stereocenters. The fourth-order valence-electron chi connectivity index (χ4n) is 5.06. The molecular weight excluding hydrogens is 530 g/mol. The molecule has 1 heterocycles. The van der Waals surface area contributed by atoms with Gasteiger partial charge in [0.25, 0.3) is 0 Å². The molecule has 0 saturated heterocycles. The van der Waals surface area contributed by atoms with Crippen LogP contribution in [0.2, 0.25) is 0 Å². The van der Waals surface area contributed by atoms with Gasteiger partial charge in [-0.3, -0.25) is 4.79 Å². The molecule has 0 bridgehead atoms. The van der Waals surface area contributed by atoms with Gasteiger partial charge in [-0.15, -0.1) is 0 Å². The molecule has 0 spiro atoms. The SMILES string of the molecule is Cc1cc(CC(=O)Nc2cc(-c3cc(F)ccc3C(=O)O)c(F)cc2N(CC(C)C)C2CCC(F)(F)CC2)on1. The molecule has 11 heteroatoms. The highest BCUT2D eigenvalue weighted by Crippen LogP contribution is 2.41. The molecule has 1 aliphatic rings. The van der Waals surface area contributed by atoms with Gasteiger partial charge in [-0.2, -0.15) is 0 Å². The predicted octanol–water partition coefficient (Wildman–Crippen LogP) is 6.85. The molecule has 2 aromatic carbocycles. The minimum Gasteiger partial charge on any atom is -0.478 e. The fraction of sp³-hybridized carbons (Fsp3) is 0.414. The zero-order valence-electron chi connectivity index (χ0n) is 22.4. The predicted molar refractivity (Wildman–Crippen MR) is 142 cm³/mol. The van der Waals surface area contributed by atoms with Crippen molar-refractivity contribution in [2.24, 2.45) is 5.92 Å². The summed E-state index contributed by atoms with van der Waals surface area (Å²) >= 11 is 0. The number of alkyl halides is 2. The van der Waals surface area contributed by atoms with Crippen LogP contribution in [0.1, 0.15) is 61.3 Å².